The molecule has 382 valence electrons. The molecule has 10 N–H and O–H groups in total. The molecule has 2 saturated carbocycles. The fraction of sp³-hybridized carbons (Fsp3) is 0.897. The molecule has 16 atom stereocenters. The summed E-state index contributed by atoms with van der Waals surface area (Å²) in [5, 5.41) is 68.9. The van der Waals surface area contributed by atoms with Crippen molar-refractivity contribution in [2.24, 2.45) is 17.8 Å². The maximum atomic E-state index is 13.9. The predicted octanol–water partition coefficient (Wildman–Crippen LogP) is -1.72. The maximum Gasteiger partial charge on any atom is 0.398 e. The molecule has 25 nitrogen and oxygen atoms in total. The molecule has 7 unspecified atom stereocenters. The van der Waals surface area contributed by atoms with Gasteiger partial charge in [0.15, 0.2) is 24.8 Å². The molecule has 0 aromatic heterocycles. The molecule has 2 aliphatic heterocycles. The van der Waals surface area contributed by atoms with Gasteiger partial charge in [-0.25, -0.2) is 13.2 Å². The van der Waals surface area contributed by atoms with Gasteiger partial charge in [0.1, 0.15) is 48.4 Å². The number of hydrogen-bond acceptors (Lipinski definition) is 20. The third kappa shape index (κ3) is 16.5. The number of aliphatic hydroxyl groups is 5. The number of ether oxygens (including phenoxy) is 5. The third-order valence-electron chi connectivity index (χ3n) is 12.5. The molecule has 4 rings (SSSR count). The predicted molar refractivity (Wildman–Crippen MR) is 221 cm³/mol. The minimum atomic E-state index is -5.21. The molecular weight excluding hydrogens is 929 g/mol. The van der Waals surface area contributed by atoms with E-state index < -0.39 is 156 Å². The van der Waals surface area contributed by atoms with Crippen molar-refractivity contribution in [3.05, 3.63) is 0 Å². The second-order valence-corrected chi connectivity index (χ2v) is 19.5. The average Bonchev–Trinajstić information content (AvgIpc) is 3.24. The Balaban J connectivity index is 1.58. The lowest BCUT2D eigenvalue weighted by Crippen LogP contribution is -2.67. The molecule has 2 aliphatic carbocycles. The number of carboxylic acids is 1. The Morgan fingerprint density at radius 1 is 0.833 bits per heavy atom. The Labute approximate surface area is 383 Å². The molecular formula is C39H66N2O23S2. The summed E-state index contributed by atoms with van der Waals surface area (Å²) in [6.07, 6.45) is -15.4. The van der Waals surface area contributed by atoms with Crippen LogP contribution >= 0.6 is 0 Å². The standard InChI is InChI=1S/C39H66N2O23S2/c1-4-22-16-23(24(44)11-8-13-40-36(49)25(64-66(55,56)57)12-14-58-65(52,53)54)17-26(34(22)63-39-33(48)32(47)30(45)19(2)59-39)61-38-29(41-20(3)43)35(31(46)28(18-42)62-38)60-27(37(50)51)15-21-9-6-5-7-10-21/h19,21-23,25-35,38-39,42,45-48H,4-18H2,1-3H3,(H,40,49)(H,41,43)(H,50,51)(H,52,53,54)(H,55,56,57)/t19?,22?,23?,25-,26+,27-,28?,29?,30+,31-,32?,33-,34+,35?,38+,39-/m0/s1. The highest BCUT2D eigenvalue weighted by atomic mass is 32.3. The summed E-state index contributed by atoms with van der Waals surface area (Å²) < 4.78 is 102. The highest BCUT2D eigenvalue weighted by molar-refractivity contribution is 7.81. The number of Topliss-reactive ketones (excluding diaryl/α,β-unsaturated/α-hetero) is 1. The lowest BCUT2D eigenvalue weighted by atomic mass is 9.74. The molecule has 0 radical (unpaired) electrons. The zero-order valence-corrected chi connectivity index (χ0v) is 38.6. The van der Waals surface area contributed by atoms with Crippen LogP contribution < -0.4 is 10.6 Å². The fourth-order valence-electron chi connectivity index (χ4n) is 9.05. The van der Waals surface area contributed by atoms with Gasteiger partial charge in [-0.3, -0.25) is 23.5 Å². The summed E-state index contributed by atoms with van der Waals surface area (Å²) in [6.45, 7) is 2.45. The number of nitrogens with one attached hydrogen (secondary N) is 2. The fourth-order valence-corrected chi connectivity index (χ4v) is 9.83. The summed E-state index contributed by atoms with van der Waals surface area (Å²) >= 11 is 0. The van der Waals surface area contributed by atoms with Crippen molar-refractivity contribution in [2.75, 3.05) is 19.8 Å². The molecule has 4 aliphatic rings. The first-order valence-corrected chi connectivity index (χ1v) is 24.8. The summed E-state index contributed by atoms with van der Waals surface area (Å²) in [6, 6.07) is -1.41. The maximum absolute atomic E-state index is 13.9. The van der Waals surface area contributed by atoms with Crippen LogP contribution in [0.25, 0.3) is 0 Å². The van der Waals surface area contributed by atoms with E-state index in [1.165, 1.54) is 6.92 Å². The van der Waals surface area contributed by atoms with Gasteiger partial charge in [0.05, 0.1) is 31.5 Å². The molecule has 2 amide bonds. The zero-order valence-electron chi connectivity index (χ0n) is 36.9. The van der Waals surface area contributed by atoms with Crippen LogP contribution in [0.5, 0.6) is 0 Å². The number of carboxylic acid groups (broad SMARTS) is 1. The van der Waals surface area contributed by atoms with Gasteiger partial charge in [-0.05, 0) is 44.4 Å². The van der Waals surface area contributed by atoms with Crippen LogP contribution in [0.15, 0.2) is 0 Å². The Kier molecular flexibility index (Phi) is 21.5. The number of aliphatic hydroxyl groups excluding tert-OH is 5. The monoisotopic (exact) mass is 994 g/mol. The van der Waals surface area contributed by atoms with E-state index >= 15 is 0 Å². The van der Waals surface area contributed by atoms with Crippen LogP contribution in [0, 0.1) is 17.8 Å². The van der Waals surface area contributed by atoms with Gasteiger partial charge in [0.25, 0.3) is 5.91 Å². The van der Waals surface area contributed by atoms with E-state index in [4.69, 9.17) is 32.8 Å². The van der Waals surface area contributed by atoms with Crippen LogP contribution in [0.2, 0.25) is 0 Å². The number of rotatable bonds is 24. The molecule has 0 spiro atoms. The first-order valence-electron chi connectivity index (χ1n) is 22.1. The topological polar surface area (TPSA) is 387 Å². The number of aliphatic carboxylic acids is 1. The average molecular weight is 995 g/mol. The highest BCUT2D eigenvalue weighted by Crippen LogP contribution is 2.40. The van der Waals surface area contributed by atoms with Crippen LogP contribution in [-0.2, 0) is 72.0 Å². The van der Waals surface area contributed by atoms with Crippen molar-refractivity contribution in [2.45, 2.75) is 184 Å². The van der Waals surface area contributed by atoms with E-state index in [-0.39, 0.29) is 50.4 Å². The Hall–Kier alpha value is -2.58. The van der Waals surface area contributed by atoms with Crippen LogP contribution in [0.3, 0.4) is 0 Å². The zero-order chi connectivity index (χ0) is 49.1. The number of ketones is 1. The van der Waals surface area contributed by atoms with E-state index in [1.54, 1.807) is 6.92 Å². The second-order valence-electron chi connectivity index (χ2n) is 17.3. The van der Waals surface area contributed by atoms with Gasteiger partial charge in [0.2, 0.25) is 5.91 Å². The lowest BCUT2D eigenvalue weighted by molar-refractivity contribution is -0.338. The Morgan fingerprint density at radius 3 is 2.11 bits per heavy atom. The van der Waals surface area contributed by atoms with Crippen LogP contribution in [-0.4, -0.2) is 186 Å². The van der Waals surface area contributed by atoms with E-state index in [9.17, 15) is 66.7 Å². The third-order valence-corrected chi connectivity index (χ3v) is 13.4. The van der Waals surface area contributed by atoms with Crippen molar-refractivity contribution in [3.8, 4) is 0 Å². The van der Waals surface area contributed by atoms with Gasteiger partial charge in [-0.2, -0.15) is 16.8 Å². The summed E-state index contributed by atoms with van der Waals surface area (Å²) in [4.78, 5) is 52.0. The minimum absolute atomic E-state index is 0.0185. The molecule has 2 saturated heterocycles. The first-order chi connectivity index (χ1) is 30.9. The quantitative estimate of drug-likeness (QED) is 0.0380. The van der Waals surface area contributed by atoms with Gasteiger partial charge in [0, 0.05) is 32.2 Å². The van der Waals surface area contributed by atoms with Gasteiger partial charge >= 0.3 is 26.8 Å². The van der Waals surface area contributed by atoms with Gasteiger partial charge in [-0.15, -0.1) is 0 Å². The SMILES string of the molecule is CCC1CC(C(=O)CCCNC(=O)[C@H](CCOS(=O)(=O)O)OS(=O)(=O)O)C[C@@H](O[C@@H]2OC(CO)[C@H](O)C(O[C@@H](CC3CCCCC3)C(=O)O)C2NC(C)=O)[C@@H]1O[C@@H]1OC(C)[C@@H](O)C(O)[C@@H]1O. The molecule has 0 bridgehead atoms. The van der Waals surface area contributed by atoms with Crippen molar-refractivity contribution >= 4 is 44.4 Å². The van der Waals surface area contributed by atoms with E-state index in [2.05, 4.69) is 19.0 Å². The molecule has 27 heteroatoms. The van der Waals surface area contributed by atoms with Crippen molar-refractivity contribution in [1.29, 1.82) is 0 Å². The number of carbonyl (C=O) groups excluding carboxylic acids is 3. The molecule has 0 aromatic rings. The first kappa shape index (κ1) is 56.0. The summed E-state index contributed by atoms with van der Waals surface area (Å²) in [7, 11) is -10.2. The van der Waals surface area contributed by atoms with Crippen molar-refractivity contribution in [1.82, 2.24) is 10.6 Å². The molecule has 2 heterocycles. The smallest absolute Gasteiger partial charge is 0.398 e. The largest absolute Gasteiger partial charge is 0.479 e. The van der Waals surface area contributed by atoms with E-state index in [0.717, 1.165) is 39.0 Å². The van der Waals surface area contributed by atoms with Crippen molar-refractivity contribution < 1.29 is 108 Å². The molecule has 0 aromatic carbocycles. The van der Waals surface area contributed by atoms with Crippen molar-refractivity contribution in [3.63, 3.8) is 0 Å². The Morgan fingerprint density at radius 2 is 1.52 bits per heavy atom. The molecule has 66 heavy (non-hydrogen) atoms. The highest BCUT2D eigenvalue weighted by Gasteiger charge is 2.53. The minimum Gasteiger partial charge on any atom is -0.479 e. The number of hydrogen-bond donors (Lipinski definition) is 10. The Bertz CT molecular complexity index is 1820. The summed E-state index contributed by atoms with van der Waals surface area (Å²) in [5.41, 5.74) is 0. The van der Waals surface area contributed by atoms with Crippen LogP contribution in [0.4, 0.5) is 0 Å². The van der Waals surface area contributed by atoms with Gasteiger partial charge < -0.3 is 65.0 Å². The van der Waals surface area contributed by atoms with E-state index in [1.807, 2.05) is 0 Å². The van der Waals surface area contributed by atoms with Gasteiger partial charge in [-0.1, -0.05) is 45.4 Å². The normalized spacial score (nSPS) is 34.5. The summed E-state index contributed by atoms with van der Waals surface area (Å²) in [5.74, 6) is -4.77. The number of carbonyl (C=O) groups is 4. The number of amides is 2. The molecule has 4 fully saturated rings. The van der Waals surface area contributed by atoms with E-state index in [0.29, 0.717) is 6.42 Å². The lowest BCUT2D eigenvalue weighted by Gasteiger charge is -2.49. The second kappa shape index (κ2) is 25.3. The van der Waals surface area contributed by atoms with Crippen LogP contribution in [0.1, 0.15) is 97.8 Å².